The van der Waals surface area contributed by atoms with Crippen LogP contribution < -0.4 is 5.73 Å². The van der Waals surface area contributed by atoms with E-state index in [0.717, 1.165) is 3.57 Å². The molecule has 5 heteroatoms. The van der Waals surface area contributed by atoms with Gasteiger partial charge in [-0.2, -0.15) is 0 Å². The lowest BCUT2D eigenvalue weighted by atomic mass is 10.2. The summed E-state index contributed by atoms with van der Waals surface area (Å²) in [6.45, 7) is 5.46. The highest BCUT2D eigenvalue weighted by Crippen LogP contribution is 2.16. The van der Waals surface area contributed by atoms with E-state index in [2.05, 4.69) is 36.4 Å². The van der Waals surface area contributed by atoms with Crippen molar-refractivity contribution in [2.45, 2.75) is 13.8 Å². The maximum Gasteiger partial charge on any atom is 0.340 e. The Hall–Kier alpha value is -0.820. The topological polar surface area (TPSA) is 61.5 Å². The van der Waals surface area contributed by atoms with Gasteiger partial charge in [-0.25, -0.2) is 4.79 Å². The fourth-order valence-electron chi connectivity index (χ4n) is 1.30. The van der Waals surface area contributed by atoms with Crippen LogP contribution in [0.1, 0.15) is 24.2 Å². The number of halogens is 1. The molecule has 100 valence electrons. The predicted octanol–water partition coefficient (Wildman–Crippen LogP) is 2.70. The predicted molar refractivity (Wildman–Crippen MR) is 79.5 cm³/mol. The van der Waals surface area contributed by atoms with Gasteiger partial charge in [0.1, 0.15) is 6.61 Å². The van der Waals surface area contributed by atoms with Crippen molar-refractivity contribution in [2.24, 2.45) is 5.92 Å². The van der Waals surface area contributed by atoms with Crippen molar-refractivity contribution >= 4 is 34.2 Å². The Morgan fingerprint density at radius 1 is 1.39 bits per heavy atom. The van der Waals surface area contributed by atoms with Crippen molar-refractivity contribution < 1.29 is 14.3 Å². The van der Waals surface area contributed by atoms with E-state index in [-0.39, 0.29) is 6.61 Å². The Morgan fingerprint density at radius 2 is 2.11 bits per heavy atom. The summed E-state index contributed by atoms with van der Waals surface area (Å²) in [5.41, 5.74) is 6.57. The monoisotopic (exact) mass is 363 g/mol. The molecule has 0 aliphatic carbocycles. The van der Waals surface area contributed by atoms with Gasteiger partial charge in [-0.15, -0.1) is 0 Å². The summed E-state index contributed by atoms with van der Waals surface area (Å²) in [6.07, 6.45) is 0. The number of rotatable bonds is 6. The number of carbonyl (C=O) groups is 1. The maximum absolute atomic E-state index is 11.8. The molecule has 18 heavy (non-hydrogen) atoms. The first kappa shape index (κ1) is 15.2. The average molecular weight is 363 g/mol. The molecule has 0 atom stereocenters. The number of carbonyl (C=O) groups excluding carboxylic acids is 1. The normalized spacial score (nSPS) is 10.7. The minimum absolute atomic E-state index is 0.246. The van der Waals surface area contributed by atoms with Gasteiger partial charge in [0.25, 0.3) is 0 Å². The Labute approximate surface area is 121 Å². The van der Waals surface area contributed by atoms with Gasteiger partial charge in [0.2, 0.25) is 0 Å². The minimum atomic E-state index is -0.404. The molecule has 0 saturated heterocycles. The third kappa shape index (κ3) is 5.22. The summed E-state index contributed by atoms with van der Waals surface area (Å²) in [5, 5.41) is 0. The van der Waals surface area contributed by atoms with Gasteiger partial charge in [0.05, 0.1) is 12.2 Å². The van der Waals surface area contributed by atoms with Crippen molar-refractivity contribution in [3.05, 3.63) is 27.3 Å². The summed E-state index contributed by atoms with van der Waals surface area (Å²) in [4.78, 5) is 11.8. The molecule has 0 aliphatic heterocycles. The van der Waals surface area contributed by atoms with Crippen LogP contribution in [-0.4, -0.2) is 25.8 Å². The fraction of sp³-hybridized carbons (Fsp3) is 0.462. The zero-order valence-electron chi connectivity index (χ0n) is 10.6. The van der Waals surface area contributed by atoms with Gasteiger partial charge in [-0.05, 0) is 46.7 Å². The van der Waals surface area contributed by atoms with E-state index in [1.807, 2.05) is 6.07 Å². The first-order chi connectivity index (χ1) is 8.50. The van der Waals surface area contributed by atoms with Crippen LogP contribution in [0.15, 0.2) is 18.2 Å². The molecule has 0 saturated carbocycles. The number of nitrogen functional groups attached to an aromatic ring is 1. The smallest absolute Gasteiger partial charge is 0.340 e. The fourth-order valence-corrected chi connectivity index (χ4v) is 1.79. The van der Waals surface area contributed by atoms with Crippen molar-refractivity contribution in [1.29, 1.82) is 0 Å². The summed E-state index contributed by atoms with van der Waals surface area (Å²) in [5.74, 6) is 0.0752. The Balaban J connectivity index is 2.39. The van der Waals surface area contributed by atoms with Gasteiger partial charge < -0.3 is 15.2 Å². The number of esters is 1. The number of hydrogen-bond donors (Lipinski definition) is 1. The van der Waals surface area contributed by atoms with Crippen molar-refractivity contribution in [3.63, 3.8) is 0 Å². The minimum Gasteiger partial charge on any atom is -0.460 e. The number of nitrogens with two attached hydrogens (primary N) is 1. The second-order valence-corrected chi connectivity index (χ2v) is 5.58. The molecule has 0 heterocycles. The van der Waals surface area contributed by atoms with E-state index in [1.54, 1.807) is 12.1 Å². The highest BCUT2D eigenvalue weighted by Gasteiger charge is 2.11. The standard InChI is InChI=1S/C13H18INO3/c1-9(2)8-17-5-6-18-13(16)11-7-10(14)3-4-12(11)15/h3-4,7,9H,5-6,8,15H2,1-2H3. The Morgan fingerprint density at radius 3 is 2.78 bits per heavy atom. The first-order valence-electron chi connectivity index (χ1n) is 5.80. The van der Waals surface area contributed by atoms with E-state index in [1.165, 1.54) is 0 Å². The molecule has 1 aromatic carbocycles. The quantitative estimate of drug-likeness (QED) is 0.365. The lowest BCUT2D eigenvalue weighted by Crippen LogP contribution is -2.14. The summed E-state index contributed by atoms with van der Waals surface area (Å²) >= 11 is 2.13. The van der Waals surface area contributed by atoms with Crippen LogP contribution in [-0.2, 0) is 9.47 Å². The van der Waals surface area contributed by atoms with Gasteiger partial charge >= 0.3 is 5.97 Å². The van der Waals surface area contributed by atoms with Crippen LogP contribution in [0.5, 0.6) is 0 Å². The number of benzene rings is 1. The zero-order chi connectivity index (χ0) is 13.5. The Bertz CT molecular complexity index is 407. The molecular formula is C13H18INO3. The van der Waals surface area contributed by atoms with E-state index in [4.69, 9.17) is 15.2 Å². The molecule has 0 fully saturated rings. The summed E-state index contributed by atoms with van der Waals surface area (Å²) in [7, 11) is 0. The third-order valence-corrected chi connectivity index (χ3v) is 2.82. The second kappa shape index (κ2) is 7.58. The molecule has 1 aromatic rings. The van der Waals surface area contributed by atoms with E-state index >= 15 is 0 Å². The van der Waals surface area contributed by atoms with Crippen LogP contribution in [0.2, 0.25) is 0 Å². The third-order valence-electron chi connectivity index (χ3n) is 2.15. The molecule has 0 bridgehead atoms. The van der Waals surface area contributed by atoms with Crippen molar-refractivity contribution in [3.8, 4) is 0 Å². The highest BCUT2D eigenvalue weighted by atomic mass is 127. The largest absolute Gasteiger partial charge is 0.460 e. The highest BCUT2D eigenvalue weighted by molar-refractivity contribution is 14.1. The first-order valence-corrected chi connectivity index (χ1v) is 6.88. The molecule has 0 spiro atoms. The van der Waals surface area contributed by atoms with Crippen LogP contribution in [0.4, 0.5) is 5.69 Å². The van der Waals surface area contributed by atoms with Crippen LogP contribution in [0, 0.1) is 9.49 Å². The van der Waals surface area contributed by atoms with E-state index in [0.29, 0.717) is 30.4 Å². The molecule has 4 nitrogen and oxygen atoms in total. The molecular weight excluding hydrogens is 345 g/mol. The van der Waals surface area contributed by atoms with Crippen LogP contribution >= 0.6 is 22.6 Å². The Kier molecular flexibility index (Phi) is 6.42. The van der Waals surface area contributed by atoms with Crippen LogP contribution in [0.25, 0.3) is 0 Å². The lowest BCUT2D eigenvalue weighted by Gasteiger charge is -2.09. The molecule has 0 radical (unpaired) electrons. The van der Waals surface area contributed by atoms with Gasteiger partial charge in [-0.1, -0.05) is 13.8 Å². The van der Waals surface area contributed by atoms with Crippen molar-refractivity contribution in [2.75, 3.05) is 25.6 Å². The number of anilines is 1. The number of hydrogen-bond acceptors (Lipinski definition) is 4. The van der Waals surface area contributed by atoms with E-state index in [9.17, 15) is 4.79 Å². The zero-order valence-corrected chi connectivity index (χ0v) is 12.8. The van der Waals surface area contributed by atoms with Crippen LogP contribution in [0.3, 0.4) is 0 Å². The summed E-state index contributed by atoms with van der Waals surface area (Å²) in [6, 6.07) is 5.26. The molecule has 1 rings (SSSR count). The second-order valence-electron chi connectivity index (χ2n) is 4.34. The SMILES string of the molecule is CC(C)COCCOC(=O)c1cc(I)ccc1N. The van der Waals surface area contributed by atoms with Gasteiger partial charge in [0, 0.05) is 15.9 Å². The van der Waals surface area contributed by atoms with E-state index < -0.39 is 5.97 Å². The molecule has 0 aliphatic rings. The molecule has 0 aromatic heterocycles. The van der Waals surface area contributed by atoms with Gasteiger partial charge in [-0.3, -0.25) is 0 Å². The lowest BCUT2D eigenvalue weighted by molar-refractivity contribution is 0.0278. The maximum atomic E-state index is 11.8. The molecule has 0 amide bonds. The molecule has 0 unspecified atom stereocenters. The summed E-state index contributed by atoms with van der Waals surface area (Å²) < 4.78 is 11.4. The number of ether oxygens (including phenoxy) is 2. The molecule has 2 N–H and O–H groups in total. The van der Waals surface area contributed by atoms with Crippen molar-refractivity contribution in [1.82, 2.24) is 0 Å². The van der Waals surface area contributed by atoms with Gasteiger partial charge in [0.15, 0.2) is 0 Å². The average Bonchev–Trinajstić information content (AvgIpc) is 2.31.